The van der Waals surface area contributed by atoms with Gasteiger partial charge in [0.1, 0.15) is 11.5 Å². The smallest absolute Gasteiger partial charge is 0.330 e. The standard InChI is InChI=1S/C32H38O6.C18H19N/c1-3-31(33)37-25-11-7-5-9-23-35-29-19-15-27(16-20-29)13-14-28-17-21-30(22-18-28)36-24-10-6-8-12-26-38-32(34)4-2;1-2-3-4-5-15-6-10-17(11-7-15)18-12-8-16(14-19)9-13-18/h3-4,15-22H,1-2,5-12,23-26H2;6-13H,2-5H2,1H3. The SMILES string of the molecule is C=CC(=O)OCCCCCCOc1ccc(C#Cc2ccc(OCCCCCCOC(=O)C=C)cc2)cc1.CCCCCc1ccc(-c2ccc(C#N)cc2)cc1. The number of hydrogen-bond donors (Lipinski definition) is 0. The van der Waals surface area contributed by atoms with Crippen LogP contribution >= 0.6 is 0 Å². The minimum absolute atomic E-state index is 0.369. The van der Waals surface area contributed by atoms with Crippen LogP contribution in [-0.4, -0.2) is 38.4 Å². The second kappa shape index (κ2) is 28.4. The van der Waals surface area contributed by atoms with E-state index in [0.717, 1.165) is 74.0 Å². The van der Waals surface area contributed by atoms with Crippen LogP contribution in [0.2, 0.25) is 0 Å². The molecule has 7 nitrogen and oxygen atoms in total. The zero-order valence-electron chi connectivity index (χ0n) is 33.5. The highest BCUT2D eigenvalue weighted by atomic mass is 16.5. The predicted octanol–water partition coefficient (Wildman–Crippen LogP) is 11.4. The number of aryl methyl sites for hydroxylation is 1. The summed E-state index contributed by atoms with van der Waals surface area (Å²) in [6.45, 7) is 11.2. The van der Waals surface area contributed by atoms with Gasteiger partial charge in [0.15, 0.2) is 0 Å². The van der Waals surface area contributed by atoms with Crippen LogP contribution in [0.4, 0.5) is 0 Å². The number of carbonyl (C=O) groups is 2. The van der Waals surface area contributed by atoms with Crippen LogP contribution < -0.4 is 9.47 Å². The third-order valence-corrected chi connectivity index (χ3v) is 8.87. The van der Waals surface area contributed by atoms with Crippen molar-refractivity contribution in [2.75, 3.05) is 26.4 Å². The highest BCUT2D eigenvalue weighted by Gasteiger charge is 2.01. The molecule has 4 aromatic carbocycles. The Morgan fingerprint density at radius 3 is 1.33 bits per heavy atom. The molecule has 0 heterocycles. The molecule has 0 aromatic heterocycles. The van der Waals surface area contributed by atoms with E-state index in [1.165, 1.54) is 54.5 Å². The molecular weight excluding hydrogens is 711 g/mol. The molecule has 0 aliphatic rings. The van der Waals surface area contributed by atoms with Crippen molar-refractivity contribution < 1.29 is 28.5 Å². The van der Waals surface area contributed by atoms with Gasteiger partial charge in [0.2, 0.25) is 0 Å². The lowest BCUT2D eigenvalue weighted by Gasteiger charge is -2.06. The molecule has 0 saturated heterocycles. The minimum atomic E-state index is -0.369. The van der Waals surface area contributed by atoms with Crippen LogP contribution in [0.15, 0.2) is 122 Å². The molecule has 0 aliphatic carbocycles. The number of hydrogen-bond acceptors (Lipinski definition) is 7. The summed E-state index contributed by atoms with van der Waals surface area (Å²) in [6.07, 6.45) is 15.0. The quantitative estimate of drug-likeness (QED) is 0.0321. The van der Waals surface area contributed by atoms with Gasteiger partial charge in [0, 0.05) is 23.3 Å². The Balaban J connectivity index is 0.000000380. The molecule has 0 amide bonds. The number of esters is 2. The molecule has 0 bridgehead atoms. The molecule has 0 N–H and O–H groups in total. The van der Waals surface area contributed by atoms with Gasteiger partial charge in [-0.15, -0.1) is 0 Å². The van der Waals surface area contributed by atoms with Gasteiger partial charge in [-0.1, -0.05) is 81.2 Å². The maximum atomic E-state index is 11.0. The molecule has 57 heavy (non-hydrogen) atoms. The molecule has 4 aromatic rings. The zero-order chi connectivity index (χ0) is 40.8. The van der Waals surface area contributed by atoms with E-state index in [0.29, 0.717) is 32.0 Å². The first-order valence-electron chi connectivity index (χ1n) is 20.1. The van der Waals surface area contributed by atoms with E-state index in [1.54, 1.807) is 0 Å². The van der Waals surface area contributed by atoms with Crippen molar-refractivity contribution in [1.29, 1.82) is 5.26 Å². The fourth-order valence-corrected chi connectivity index (χ4v) is 5.55. The first-order chi connectivity index (χ1) is 27.9. The fraction of sp³-hybridized carbons (Fsp3) is 0.340. The summed E-state index contributed by atoms with van der Waals surface area (Å²) < 4.78 is 21.5. The van der Waals surface area contributed by atoms with Crippen molar-refractivity contribution in [2.45, 2.75) is 84.0 Å². The molecule has 0 radical (unpaired) electrons. The van der Waals surface area contributed by atoms with Gasteiger partial charge in [-0.3, -0.25) is 0 Å². The van der Waals surface area contributed by atoms with Crippen molar-refractivity contribution in [3.63, 3.8) is 0 Å². The normalized spacial score (nSPS) is 10.0. The Hall–Kier alpha value is -6.05. The second-order valence-electron chi connectivity index (χ2n) is 13.4. The zero-order valence-corrected chi connectivity index (χ0v) is 33.5. The topological polar surface area (TPSA) is 94.8 Å². The van der Waals surface area contributed by atoms with Gasteiger partial charge in [-0.05, 0) is 142 Å². The molecule has 0 atom stereocenters. The van der Waals surface area contributed by atoms with Crippen molar-refractivity contribution in [1.82, 2.24) is 0 Å². The molecule has 0 spiro atoms. The van der Waals surface area contributed by atoms with Crippen LogP contribution in [0.1, 0.15) is 99.8 Å². The summed E-state index contributed by atoms with van der Waals surface area (Å²) in [5.41, 5.74) is 6.34. The highest BCUT2D eigenvalue weighted by molar-refractivity contribution is 5.81. The van der Waals surface area contributed by atoms with E-state index in [2.05, 4.69) is 62.3 Å². The summed E-state index contributed by atoms with van der Waals surface area (Å²) in [4.78, 5) is 21.9. The Bertz CT molecular complexity index is 1780. The van der Waals surface area contributed by atoms with E-state index in [-0.39, 0.29) is 11.9 Å². The number of nitrogens with zero attached hydrogens (tertiary/aromatic N) is 1. The van der Waals surface area contributed by atoms with Gasteiger partial charge in [-0.2, -0.15) is 5.26 Å². The number of ether oxygens (including phenoxy) is 4. The van der Waals surface area contributed by atoms with Gasteiger partial charge >= 0.3 is 11.9 Å². The molecule has 0 aliphatic heterocycles. The average Bonchev–Trinajstić information content (AvgIpc) is 3.26. The first kappa shape index (κ1) is 45.3. The predicted molar refractivity (Wildman–Crippen MR) is 229 cm³/mol. The Labute approximate surface area is 340 Å². The molecule has 4 rings (SSSR count). The van der Waals surface area contributed by atoms with Crippen LogP contribution in [0.3, 0.4) is 0 Å². The lowest BCUT2D eigenvalue weighted by Crippen LogP contribution is -2.02. The summed E-state index contributed by atoms with van der Waals surface area (Å²) in [5.74, 6) is 7.27. The van der Waals surface area contributed by atoms with Gasteiger partial charge in [-0.25, -0.2) is 9.59 Å². The Kier molecular flexibility index (Phi) is 22.6. The largest absolute Gasteiger partial charge is 0.494 e. The van der Waals surface area contributed by atoms with E-state index in [9.17, 15) is 9.59 Å². The van der Waals surface area contributed by atoms with Crippen molar-refractivity contribution in [3.05, 3.63) is 145 Å². The van der Waals surface area contributed by atoms with E-state index >= 15 is 0 Å². The summed E-state index contributed by atoms with van der Waals surface area (Å²) in [6, 6.07) is 34.2. The number of unbranched alkanes of at least 4 members (excludes halogenated alkanes) is 8. The summed E-state index contributed by atoms with van der Waals surface area (Å²) in [5, 5.41) is 8.79. The fourth-order valence-electron chi connectivity index (χ4n) is 5.55. The van der Waals surface area contributed by atoms with Crippen molar-refractivity contribution in [2.24, 2.45) is 0 Å². The lowest BCUT2D eigenvalue weighted by atomic mass is 10.0. The monoisotopic (exact) mass is 767 g/mol. The number of nitriles is 1. The third kappa shape index (κ3) is 19.9. The molecule has 0 fully saturated rings. The molecule has 0 unspecified atom stereocenters. The number of carbonyl (C=O) groups excluding carboxylic acids is 2. The van der Waals surface area contributed by atoms with Crippen LogP contribution in [0.5, 0.6) is 11.5 Å². The van der Waals surface area contributed by atoms with Gasteiger partial charge in [0.05, 0.1) is 38.1 Å². The molecular formula is C50H57NO6. The second-order valence-corrected chi connectivity index (χ2v) is 13.4. The van der Waals surface area contributed by atoms with Gasteiger partial charge in [0.25, 0.3) is 0 Å². The maximum absolute atomic E-state index is 11.0. The lowest BCUT2D eigenvalue weighted by molar-refractivity contribution is -0.138. The number of benzene rings is 4. The van der Waals surface area contributed by atoms with E-state index in [1.807, 2.05) is 72.8 Å². The first-order valence-corrected chi connectivity index (χ1v) is 20.1. The number of rotatable bonds is 23. The maximum Gasteiger partial charge on any atom is 0.330 e. The van der Waals surface area contributed by atoms with Crippen LogP contribution in [-0.2, 0) is 25.5 Å². The Morgan fingerprint density at radius 1 is 0.526 bits per heavy atom. The summed E-state index contributed by atoms with van der Waals surface area (Å²) in [7, 11) is 0. The highest BCUT2D eigenvalue weighted by Crippen LogP contribution is 2.21. The van der Waals surface area contributed by atoms with Crippen molar-refractivity contribution >= 4 is 11.9 Å². The van der Waals surface area contributed by atoms with Crippen molar-refractivity contribution in [3.8, 4) is 40.5 Å². The van der Waals surface area contributed by atoms with E-state index in [4.69, 9.17) is 24.2 Å². The average molecular weight is 768 g/mol. The summed E-state index contributed by atoms with van der Waals surface area (Å²) >= 11 is 0. The molecule has 7 heteroatoms. The molecule has 298 valence electrons. The van der Waals surface area contributed by atoms with Crippen LogP contribution in [0.25, 0.3) is 11.1 Å². The minimum Gasteiger partial charge on any atom is -0.494 e. The van der Waals surface area contributed by atoms with Crippen LogP contribution in [0, 0.1) is 23.2 Å². The Morgan fingerprint density at radius 2 is 0.930 bits per heavy atom. The van der Waals surface area contributed by atoms with Gasteiger partial charge < -0.3 is 18.9 Å². The molecule has 0 saturated carbocycles. The third-order valence-electron chi connectivity index (χ3n) is 8.87. The van der Waals surface area contributed by atoms with E-state index < -0.39 is 0 Å².